The summed E-state index contributed by atoms with van der Waals surface area (Å²) < 4.78 is 0. The Labute approximate surface area is 100 Å². The number of aliphatic hydroxyl groups excluding tert-OH is 1. The zero-order chi connectivity index (χ0) is 12.1. The first-order valence-electron chi connectivity index (χ1n) is 6.93. The Hall–Kier alpha value is -0.370. The first-order valence-corrected chi connectivity index (χ1v) is 6.93. The van der Waals surface area contributed by atoms with Gasteiger partial charge in [-0.15, -0.1) is 0 Å². The molecule has 0 aliphatic carbocycles. The van der Waals surface area contributed by atoms with Crippen molar-refractivity contribution >= 4 is 5.78 Å². The van der Waals surface area contributed by atoms with E-state index in [0.29, 0.717) is 6.42 Å². The summed E-state index contributed by atoms with van der Waals surface area (Å²) in [6, 6.07) is 0. The highest BCUT2D eigenvalue weighted by Gasteiger charge is 1.98. The highest BCUT2D eigenvalue weighted by molar-refractivity contribution is 5.79. The van der Waals surface area contributed by atoms with E-state index in [1.54, 1.807) is 0 Å². The zero-order valence-electron chi connectivity index (χ0n) is 10.8. The first kappa shape index (κ1) is 15.6. The van der Waals surface area contributed by atoms with Crippen molar-refractivity contribution in [2.45, 2.75) is 77.6 Å². The molecule has 96 valence electrons. The molecule has 0 rings (SSSR count). The van der Waals surface area contributed by atoms with Crippen molar-refractivity contribution in [2.24, 2.45) is 0 Å². The average Bonchev–Trinajstić information content (AvgIpc) is 2.31. The Morgan fingerprint density at radius 2 is 1.25 bits per heavy atom. The van der Waals surface area contributed by atoms with E-state index in [1.807, 2.05) is 0 Å². The molecule has 0 atom stereocenters. The summed E-state index contributed by atoms with van der Waals surface area (Å²) >= 11 is 0. The van der Waals surface area contributed by atoms with Crippen LogP contribution in [0.1, 0.15) is 77.6 Å². The number of carbonyl (C=O) groups excluding carboxylic acids is 1. The molecule has 0 spiro atoms. The highest BCUT2D eigenvalue weighted by atomic mass is 16.3. The Morgan fingerprint density at radius 1 is 0.812 bits per heavy atom. The smallest absolute Gasteiger partial charge is 0.158 e. The normalized spacial score (nSPS) is 10.6. The van der Waals surface area contributed by atoms with E-state index < -0.39 is 0 Å². The molecule has 0 amide bonds. The van der Waals surface area contributed by atoms with Gasteiger partial charge in [0.2, 0.25) is 0 Å². The Bertz CT molecular complexity index is 155. The summed E-state index contributed by atoms with van der Waals surface area (Å²) in [4.78, 5) is 10.8. The highest BCUT2D eigenvalue weighted by Crippen LogP contribution is 2.11. The number of unbranched alkanes of at least 4 members (excludes halogenated alkanes) is 9. The van der Waals surface area contributed by atoms with Gasteiger partial charge in [-0.25, -0.2) is 0 Å². The molecule has 1 N–H and O–H groups in total. The minimum atomic E-state index is -0.280. The molecule has 0 aromatic heterocycles. The van der Waals surface area contributed by atoms with Gasteiger partial charge in [-0.05, 0) is 6.42 Å². The van der Waals surface area contributed by atoms with E-state index in [-0.39, 0.29) is 12.4 Å². The van der Waals surface area contributed by atoms with Gasteiger partial charge >= 0.3 is 0 Å². The van der Waals surface area contributed by atoms with Crippen LogP contribution < -0.4 is 0 Å². The van der Waals surface area contributed by atoms with Gasteiger partial charge in [0, 0.05) is 6.42 Å². The van der Waals surface area contributed by atoms with Gasteiger partial charge in [0.05, 0.1) is 0 Å². The second kappa shape index (κ2) is 12.7. The van der Waals surface area contributed by atoms with Crippen LogP contribution in [0.5, 0.6) is 0 Å². The van der Waals surface area contributed by atoms with Crippen LogP contribution in [0.15, 0.2) is 0 Å². The Balaban J connectivity index is 2.96. The Kier molecular flexibility index (Phi) is 12.4. The van der Waals surface area contributed by atoms with Crippen molar-refractivity contribution in [3.8, 4) is 0 Å². The minimum Gasteiger partial charge on any atom is -0.389 e. The van der Waals surface area contributed by atoms with Crippen LogP contribution >= 0.6 is 0 Å². The lowest BCUT2D eigenvalue weighted by atomic mass is 10.1. The van der Waals surface area contributed by atoms with E-state index in [1.165, 1.54) is 51.4 Å². The molecule has 0 aliphatic rings. The maximum Gasteiger partial charge on any atom is 0.158 e. The van der Waals surface area contributed by atoms with E-state index in [2.05, 4.69) is 6.92 Å². The zero-order valence-corrected chi connectivity index (χ0v) is 10.8. The number of hydrogen-bond acceptors (Lipinski definition) is 2. The van der Waals surface area contributed by atoms with E-state index in [0.717, 1.165) is 12.8 Å². The van der Waals surface area contributed by atoms with Gasteiger partial charge in [0.15, 0.2) is 5.78 Å². The maximum atomic E-state index is 10.8. The summed E-state index contributed by atoms with van der Waals surface area (Å²) in [5, 5.41) is 8.53. The topological polar surface area (TPSA) is 37.3 Å². The molecule has 0 aliphatic heterocycles. The van der Waals surface area contributed by atoms with Crippen LogP contribution in [-0.2, 0) is 4.79 Å². The van der Waals surface area contributed by atoms with Crippen LogP contribution in [0.3, 0.4) is 0 Å². The predicted molar refractivity (Wildman–Crippen MR) is 68.6 cm³/mol. The van der Waals surface area contributed by atoms with E-state index in [4.69, 9.17) is 5.11 Å². The number of carbonyl (C=O) groups is 1. The number of hydrogen-bond donors (Lipinski definition) is 1. The van der Waals surface area contributed by atoms with Gasteiger partial charge in [-0.1, -0.05) is 64.7 Å². The second-order valence-corrected chi connectivity index (χ2v) is 4.63. The molecular formula is C14H28O2. The summed E-state index contributed by atoms with van der Waals surface area (Å²) in [6.07, 6.45) is 13.4. The molecule has 0 fully saturated rings. The first-order chi connectivity index (χ1) is 7.81. The molecule has 0 heterocycles. The molecule has 0 saturated heterocycles. The molecule has 0 saturated carbocycles. The van der Waals surface area contributed by atoms with Gasteiger partial charge in [0.1, 0.15) is 6.61 Å². The third-order valence-electron chi connectivity index (χ3n) is 2.99. The Morgan fingerprint density at radius 3 is 1.69 bits per heavy atom. The van der Waals surface area contributed by atoms with Gasteiger partial charge < -0.3 is 5.11 Å². The number of ketones is 1. The fraction of sp³-hybridized carbons (Fsp3) is 0.929. The van der Waals surface area contributed by atoms with Crippen molar-refractivity contribution in [3.05, 3.63) is 0 Å². The van der Waals surface area contributed by atoms with Crippen LogP contribution in [0, 0.1) is 0 Å². The molecule has 2 heteroatoms. The van der Waals surface area contributed by atoms with Gasteiger partial charge in [-0.2, -0.15) is 0 Å². The third kappa shape index (κ3) is 11.7. The summed E-state index contributed by atoms with van der Waals surface area (Å²) in [6.45, 7) is 1.96. The molecular weight excluding hydrogens is 200 g/mol. The molecule has 0 aromatic rings. The lowest BCUT2D eigenvalue weighted by Crippen LogP contribution is -2.02. The SMILES string of the molecule is CCCCCCCCCCCCC(=O)CO. The molecule has 0 aromatic carbocycles. The quantitative estimate of drug-likeness (QED) is 0.515. The van der Waals surface area contributed by atoms with Crippen molar-refractivity contribution in [1.29, 1.82) is 0 Å². The van der Waals surface area contributed by atoms with Crippen molar-refractivity contribution in [1.82, 2.24) is 0 Å². The van der Waals surface area contributed by atoms with Crippen LogP contribution in [0.2, 0.25) is 0 Å². The van der Waals surface area contributed by atoms with Crippen LogP contribution in [0.4, 0.5) is 0 Å². The molecule has 0 radical (unpaired) electrons. The lowest BCUT2D eigenvalue weighted by molar-refractivity contribution is -0.121. The molecule has 0 unspecified atom stereocenters. The third-order valence-corrected chi connectivity index (χ3v) is 2.99. The maximum absolute atomic E-state index is 10.8. The van der Waals surface area contributed by atoms with Crippen LogP contribution in [0.25, 0.3) is 0 Å². The fourth-order valence-corrected chi connectivity index (χ4v) is 1.89. The summed E-state index contributed by atoms with van der Waals surface area (Å²) in [7, 11) is 0. The molecule has 2 nitrogen and oxygen atoms in total. The largest absolute Gasteiger partial charge is 0.389 e. The minimum absolute atomic E-state index is 0.0143. The van der Waals surface area contributed by atoms with Crippen LogP contribution in [-0.4, -0.2) is 17.5 Å². The van der Waals surface area contributed by atoms with Gasteiger partial charge in [0.25, 0.3) is 0 Å². The number of Topliss-reactive ketones (excluding diaryl/α,β-unsaturated/α-hetero) is 1. The predicted octanol–water partition coefficient (Wildman–Crippen LogP) is 3.86. The standard InChI is InChI=1S/C14H28O2/c1-2-3-4-5-6-7-8-9-10-11-12-14(16)13-15/h15H,2-13H2,1H3. The van der Waals surface area contributed by atoms with Crippen molar-refractivity contribution < 1.29 is 9.90 Å². The van der Waals surface area contributed by atoms with Crippen molar-refractivity contribution in [3.63, 3.8) is 0 Å². The average molecular weight is 228 g/mol. The van der Waals surface area contributed by atoms with E-state index >= 15 is 0 Å². The van der Waals surface area contributed by atoms with Crippen molar-refractivity contribution in [2.75, 3.05) is 6.61 Å². The molecule has 16 heavy (non-hydrogen) atoms. The van der Waals surface area contributed by atoms with E-state index in [9.17, 15) is 4.79 Å². The second-order valence-electron chi connectivity index (χ2n) is 4.63. The van der Waals surface area contributed by atoms with Gasteiger partial charge in [-0.3, -0.25) is 4.79 Å². The number of aliphatic hydroxyl groups is 1. The fourth-order valence-electron chi connectivity index (χ4n) is 1.89. The monoisotopic (exact) mass is 228 g/mol. The number of rotatable bonds is 12. The summed E-state index contributed by atoms with van der Waals surface area (Å²) in [5.41, 5.74) is 0. The summed E-state index contributed by atoms with van der Waals surface area (Å²) in [5.74, 6) is -0.0143. The molecule has 0 bridgehead atoms. The lowest BCUT2D eigenvalue weighted by Gasteiger charge is -2.01.